The van der Waals surface area contributed by atoms with Gasteiger partial charge in [0.1, 0.15) is 6.04 Å². The first-order valence-electron chi connectivity index (χ1n) is 5.08. The van der Waals surface area contributed by atoms with Crippen molar-refractivity contribution in [2.45, 2.75) is 18.9 Å². The number of nitrogens with two attached hydrogens (primary N) is 1. The van der Waals surface area contributed by atoms with Gasteiger partial charge in [0.05, 0.1) is 13.1 Å². The van der Waals surface area contributed by atoms with Gasteiger partial charge in [0.2, 0.25) is 5.91 Å². The van der Waals surface area contributed by atoms with E-state index in [2.05, 4.69) is 37.2 Å². The lowest BCUT2D eigenvalue weighted by Crippen LogP contribution is -2.41. The summed E-state index contributed by atoms with van der Waals surface area (Å²) in [7, 11) is 0. The highest BCUT2D eigenvalue weighted by Gasteiger charge is 2.23. The Bertz CT molecular complexity index is 518. The number of hydrogen-bond donors (Lipinski definition) is 3. The maximum atomic E-state index is 11.9. The van der Waals surface area contributed by atoms with E-state index >= 15 is 0 Å². The molecular weight excluding hydrogens is 404 g/mol. The molecule has 9 heteroatoms. The van der Waals surface area contributed by atoms with Crippen LogP contribution < -0.4 is 11.1 Å². The summed E-state index contributed by atoms with van der Waals surface area (Å²) in [4.78, 5) is 33.5. The normalized spacial score (nSPS) is 11.9. The molecule has 1 aromatic heterocycles. The summed E-state index contributed by atoms with van der Waals surface area (Å²) in [6, 6.07) is 0.433. The molecule has 0 saturated carbocycles. The largest absolute Gasteiger partial charge is 0.480 e. The molecule has 0 unspecified atom stereocenters. The molecular formula is C10H10Br2N2O4S. The topological polar surface area (TPSA) is 109 Å². The standard InChI is InChI=1S/C10H10Br2N2O4S/c11-6-3-4(8(12)19-6)9(16)14-5(10(17)18)1-2-7(13)15/h3,5H,1-2H2,(H2,13,15)(H,14,16)(H,17,18)/t5-/m0/s1. The maximum absolute atomic E-state index is 11.9. The van der Waals surface area contributed by atoms with Crippen molar-refractivity contribution in [2.75, 3.05) is 0 Å². The van der Waals surface area contributed by atoms with Crippen LogP contribution in [-0.2, 0) is 9.59 Å². The highest BCUT2D eigenvalue weighted by atomic mass is 79.9. The van der Waals surface area contributed by atoms with Crippen molar-refractivity contribution in [1.82, 2.24) is 5.32 Å². The van der Waals surface area contributed by atoms with Gasteiger partial charge in [-0.15, -0.1) is 11.3 Å². The molecule has 0 fully saturated rings. The fraction of sp³-hybridized carbons (Fsp3) is 0.300. The zero-order valence-electron chi connectivity index (χ0n) is 9.48. The Morgan fingerprint density at radius 2 is 2.05 bits per heavy atom. The average Bonchev–Trinajstić information content (AvgIpc) is 2.62. The van der Waals surface area contributed by atoms with Crippen LogP contribution in [0.1, 0.15) is 23.2 Å². The number of thiophene rings is 1. The monoisotopic (exact) mass is 412 g/mol. The number of halogens is 2. The van der Waals surface area contributed by atoms with Gasteiger partial charge in [-0.1, -0.05) is 0 Å². The minimum absolute atomic E-state index is 0.0423. The first kappa shape index (κ1) is 16.1. The molecule has 0 aliphatic rings. The number of aliphatic carboxylic acids is 1. The van der Waals surface area contributed by atoms with E-state index in [0.717, 1.165) is 3.79 Å². The first-order valence-corrected chi connectivity index (χ1v) is 7.48. The number of hydrogen-bond acceptors (Lipinski definition) is 4. The van der Waals surface area contributed by atoms with Crippen molar-refractivity contribution in [3.8, 4) is 0 Å². The third kappa shape index (κ3) is 4.92. The lowest BCUT2D eigenvalue weighted by Gasteiger charge is -2.13. The van der Waals surface area contributed by atoms with Gasteiger partial charge in [-0.2, -0.15) is 0 Å². The van der Waals surface area contributed by atoms with Crippen molar-refractivity contribution in [1.29, 1.82) is 0 Å². The van der Waals surface area contributed by atoms with Gasteiger partial charge in [-0.3, -0.25) is 9.59 Å². The summed E-state index contributed by atoms with van der Waals surface area (Å²) < 4.78 is 1.34. The third-order valence-electron chi connectivity index (χ3n) is 2.18. The summed E-state index contributed by atoms with van der Waals surface area (Å²) in [5.41, 5.74) is 5.29. The fourth-order valence-electron chi connectivity index (χ4n) is 1.28. The van der Waals surface area contributed by atoms with Crippen molar-refractivity contribution in [3.05, 3.63) is 19.2 Å². The predicted octanol–water partition coefficient (Wildman–Crippen LogP) is 1.72. The molecule has 0 aromatic carbocycles. The quantitative estimate of drug-likeness (QED) is 0.659. The number of carbonyl (C=O) groups excluding carboxylic acids is 2. The van der Waals surface area contributed by atoms with Crippen LogP contribution in [0, 0.1) is 0 Å². The van der Waals surface area contributed by atoms with Gasteiger partial charge >= 0.3 is 5.97 Å². The molecule has 0 bridgehead atoms. The van der Waals surface area contributed by atoms with E-state index in [4.69, 9.17) is 10.8 Å². The zero-order chi connectivity index (χ0) is 14.6. The van der Waals surface area contributed by atoms with E-state index in [9.17, 15) is 14.4 Å². The fourth-order valence-corrected chi connectivity index (χ4v) is 4.07. The Hall–Kier alpha value is -0.930. The summed E-state index contributed by atoms with van der Waals surface area (Å²) in [6.45, 7) is 0. The van der Waals surface area contributed by atoms with Crippen LogP contribution in [0.4, 0.5) is 0 Å². The number of carboxylic acids is 1. The van der Waals surface area contributed by atoms with Gasteiger partial charge in [0, 0.05) is 6.42 Å². The molecule has 0 aliphatic carbocycles. The summed E-state index contributed by atoms with van der Waals surface area (Å²) in [6.07, 6.45) is -0.148. The average molecular weight is 414 g/mol. The van der Waals surface area contributed by atoms with Crippen LogP contribution in [0.5, 0.6) is 0 Å². The van der Waals surface area contributed by atoms with Gasteiger partial charge in [-0.05, 0) is 44.3 Å². The Balaban J connectivity index is 2.74. The van der Waals surface area contributed by atoms with Crippen molar-refractivity contribution in [3.63, 3.8) is 0 Å². The van der Waals surface area contributed by atoms with Crippen LogP contribution >= 0.6 is 43.2 Å². The molecule has 0 saturated heterocycles. The minimum Gasteiger partial charge on any atom is -0.480 e. The number of carbonyl (C=O) groups is 3. The summed E-state index contributed by atoms with van der Waals surface area (Å²) in [5.74, 6) is -2.34. The molecule has 1 atom stereocenters. The van der Waals surface area contributed by atoms with Crippen molar-refractivity contribution < 1.29 is 19.5 Å². The molecule has 104 valence electrons. The van der Waals surface area contributed by atoms with Crippen LogP contribution in [0.25, 0.3) is 0 Å². The molecule has 1 rings (SSSR count). The molecule has 0 radical (unpaired) electrons. The van der Waals surface area contributed by atoms with Crippen molar-refractivity contribution >= 4 is 61.0 Å². The molecule has 0 spiro atoms. The number of amides is 2. The Kier molecular flexibility index (Phi) is 5.95. The van der Waals surface area contributed by atoms with Crippen LogP contribution in [-0.4, -0.2) is 28.9 Å². The second-order valence-corrected chi connectivity index (χ2v) is 7.36. The molecule has 4 N–H and O–H groups in total. The van der Waals surface area contributed by atoms with Gasteiger partial charge in [0.25, 0.3) is 5.91 Å². The van der Waals surface area contributed by atoms with Gasteiger partial charge in [-0.25, -0.2) is 4.79 Å². The van der Waals surface area contributed by atoms with Crippen LogP contribution in [0.2, 0.25) is 0 Å². The van der Waals surface area contributed by atoms with E-state index in [1.807, 2.05) is 0 Å². The minimum atomic E-state index is -1.21. The molecule has 2 amide bonds. The third-order valence-corrected chi connectivity index (χ3v) is 4.52. The van der Waals surface area contributed by atoms with E-state index in [1.54, 1.807) is 6.07 Å². The van der Waals surface area contributed by atoms with Gasteiger partial charge < -0.3 is 16.2 Å². The first-order chi connectivity index (χ1) is 8.81. The predicted molar refractivity (Wildman–Crippen MR) is 77.0 cm³/mol. The van der Waals surface area contributed by atoms with Crippen molar-refractivity contribution in [2.24, 2.45) is 5.73 Å². The highest BCUT2D eigenvalue weighted by molar-refractivity contribution is 9.12. The zero-order valence-corrected chi connectivity index (χ0v) is 13.5. The molecule has 1 aromatic rings. The Labute approximate surface area is 129 Å². The number of primary amides is 1. The Morgan fingerprint density at radius 3 is 2.47 bits per heavy atom. The molecule has 6 nitrogen and oxygen atoms in total. The van der Waals surface area contributed by atoms with E-state index in [1.165, 1.54) is 11.3 Å². The lowest BCUT2D eigenvalue weighted by molar-refractivity contribution is -0.139. The Morgan fingerprint density at radius 1 is 1.42 bits per heavy atom. The van der Waals surface area contributed by atoms with Gasteiger partial charge in [0.15, 0.2) is 0 Å². The SMILES string of the molecule is NC(=O)CC[C@H](NC(=O)c1cc(Br)sc1Br)C(=O)O. The summed E-state index contributed by atoms with van der Waals surface area (Å²) >= 11 is 7.74. The second-order valence-electron chi connectivity index (χ2n) is 3.61. The number of nitrogens with one attached hydrogen (secondary N) is 1. The lowest BCUT2D eigenvalue weighted by atomic mass is 10.1. The van der Waals surface area contributed by atoms with Crippen LogP contribution in [0.3, 0.4) is 0 Å². The number of carboxylic acid groups (broad SMARTS) is 1. The van der Waals surface area contributed by atoms with E-state index < -0.39 is 23.8 Å². The highest BCUT2D eigenvalue weighted by Crippen LogP contribution is 2.31. The second kappa shape index (κ2) is 7.01. The molecule has 0 aliphatic heterocycles. The summed E-state index contributed by atoms with van der Waals surface area (Å²) in [5, 5.41) is 11.3. The molecule has 1 heterocycles. The van der Waals surface area contributed by atoms with E-state index in [0.29, 0.717) is 9.35 Å². The molecule has 19 heavy (non-hydrogen) atoms. The smallest absolute Gasteiger partial charge is 0.326 e. The maximum Gasteiger partial charge on any atom is 0.326 e. The number of rotatable bonds is 6. The van der Waals surface area contributed by atoms with E-state index in [-0.39, 0.29) is 12.8 Å². The van der Waals surface area contributed by atoms with Crippen LogP contribution in [0.15, 0.2) is 13.6 Å².